The topological polar surface area (TPSA) is 39.7 Å². The van der Waals surface area contributed by atoms with Crippen LogP contribution in [0.5, 0.6) is 17.2 Å². The first-order chi connectivity index (χ1) is 10.7. The Balaban J connectivity index is 0.00000264. The van der Waals surface area contributed by atoms with E-state index in [4.69, 9.17) is 14.2 Å². The highest BCUT2D eigenvalue weighted by Crippen LogP contribution is 2.40. The van der Waals surface area contributed by atoms with Crippen LogP contribution in [0.15, 0.2) is 42.5 Å². The fourth-order valence-electron chi connectivity index (χ4n) is 2.54. The van der Waals surface area contributed by atoms with Gasteiger partial charge in [-0.1, -0.05) is 30.3 Å². The predicted molar refractivity (Wildman–Crippen MR) is 95.3 cm³/mol. The highest BCUT2D eigenvalue weighted by Gasteiger charge is 2.18. The van der Waals surface area contributed by atoms with E-state index in [1.54, 1.807) is 21.3 Å². The van der Waals surface area contributed by atoms with Gasteiger partial charge in [0.25, 0.3) is 0 Å². The van der Waals surface area contributed by atoms with Gasteiger partial charge in [0.1, 0.15) is 0 Å². The Bertz CT molecular complexity index is 579. The number of ether oxygens (including phenoxy) is 3. The van der Waals surface area contributed by atoms with Crippen LogP contribution in [0, 0.1) is 0 Å². The number of benzene rings is 2. The minimum absolute atomic E-state index is 0. The fourth-order valence-corrected chi connectivity index (χ4v) is 2.54. The third kappa shape index (κ3) is 4.53. The lowest BCUT2D eigenvalue weighted by Gasteiger charge is -2.20. The Labute approximate surface area is 144 Å². The predicted octanol–water partition coefficient (Wildman–Crippen LogP) is 3.64. The summed E-state index contributed by atoms with van der Waals surface area (Å²) in [6.07, 6.45) is 0.885. The van der Waals surface area contributed by atoms with E-state index in [0.29, 0.717) is 17.2 Å². The molecule has 0 saturated heterocycles. The SMILES string of the molecule is CNC(Cc1ccccc1)c1cc(OC)c(OC)c(OC)c1.Cl. The van der Waals surface area contributed by atoms with E-state index >= 15 is 0 Å². The largest absolute Gasteiger partial charge is 0.493 e. The molecule has 0 aliphatic heterocycles. The zero-order valence-electron chi connectivity index (χ0n) is 14.0. The standard InChI is InChI=1S/C18H23NO3.ClH/c1-19-15(10-13-8-6-5-7-9-13)14-11-16(20-2)18(22-4)17(12-14)21-3;/h5-9,11-12,15,19H,10H2,1-4H3;1H. The second-order valence-corrected chi connectivity index (χ2v) is 4.99. The van der Waals surface area contributed by atoms with Crippen molar-refractivity contribution in [2.45, 2.75) is 12.5 Å². The Kier molecular flexibility index (Phi) is 7.72. The van der Waals surface area contributed by atoms with Gasteiger partial charge in [-0.2, -0.15) is 0 Å². The Morgan fingerprint density at radius 1 is 0.913 bits per heavy atom. The van der Waals surface area contributed by atoms with Gasteiger partial charge in [-0.25, -0.2) is 0 Å². The molecule has 1 unspecified atom stereocenters. The van der Waals surface area contributed by atoms with Crippen molar-refractivity contribution in [1.82, 2.24) is 5.32 Å². The highest BCUT2D eigenvalue weighted by molar-refractivity contribution is 5.85. The molecule has 23 heavy (non-hydrogen) atoms. The van der Waals surface area contributed by atoms with E-state index in [2.05, 4.69) is 29.6 Å². The Hall–Kier alpha value is -1.91. The molecule has 1 N–H and O–H groups in total. The summed E-state index contributed by atoms with van der Waals surface area (Å²) in [5.74, 6) is 1.96. The number of likely N-dealkylation sites (N-methyl/N-ethyl adjacent to an activating group) is 1. The number of hydrogen-bond acceptors (Lipinski definition) is 4. The third-order valence-corrected chi connectivity index (χ3v) is 3.72. The summed E-state index contributed by atoms with van der Waals surface area (Å²) in [5.41, 5.74) is 2.37. The van der Waals surface area contributed by atoms with Gasteiger partial charge in [0.05, 0.1) is 21.3 Å². The van der Waals surface area contributed by atoms with Crippen molar-refractivity contribution in [1.29, 1.82) is 0 Å². The van der Waals surface area contributed by atoms with E-state index in [9.17, 15) is 0 Å². The van der Waals surface area contributed by atoms with Crippen molar-refractivity contribution in [2.75, 3.05) is 28.4 Å². The van der Waals surface area contributed by atoms with Crippen molar-refractivity contribution in [2.24, 2.45) is 0 Å². The van der Waals surface area contributed by atoms with Gasteiger partial charge in [0.2, 0.25) is 5.75 Å². The molecule has 0 bridgehead atoms. The minimum atomic E-state index is 0. The molecule has 2 rings (SSSR count). The van der Waals surface area contributed by atoms with Crippen LogP contribution in [-0.2, 0) is 6.42 Å². The molecule has 1 atom stereocenters. The molecule has 126 valence electrons. The number of rotatable bonds is 7. The van der Waals surface area contributed by atoms with E-state index in [1.165, 1.54) is 5.56 Å². The van der Waals surface area contributed by atoms with Crippen LogP contribution in [0.2, 0.25) is 0 Å². The summed E-state index contributed by atoms with van der Waals surface area (Å²) >= 11 is 0. The maximum Gasteiger partial charge on any atom is 0.203 e. The van der Waals surface area contributed by atoms with Crippen molar-refractivity contribution >= 4 is 12.4 Å². The van der Waals surface area contributed by atoms with Crippen LogP contribution in [0.25, 0.3) is 0 Å². The molecule has 0 aromatic heterocycles. The molecule has 0 spiro atoms. The molecule has 0 radical (unpaired) electrons. The van der Waals surface area contributed by atoms with Gasteiger partial charge in [-0.15, -0.1) is 12.4 Å². The molecule has 0 amide bonds. The monoisotopic (exact) mass is 337 g/mol. The smallest absolute Gasteiger partial charge is 0.203 e. The first-order valence-electron chi connectivity index (χ1n) is 7.24. The van der Waals surface area contributed by atoms with Crippen molar-refractivity contribution in [3.05, 3.63) is 53.6 Å². The van der Waals surface area contributed by atoms with Gasteiger partial charge in [0, 0.05) is 6.04 Å². The summed E-state index contributed by atoms with van der Waals surface area (Å²) in [4.78, 5) is 0. The van der Waals surface area contributed by atoms with Gasteiger partial charge in [0.15, 0.2) is 11.5 Å². The van der Waals surface area contributed by atoms with Gasteiger partial charge in [-0.3, -0.25) is 0 Å². The summed E-state index contributed by atoms with van der Waals surface area (Å²) in [7, 11) is 6.83. The van der Waals surface area contributed by atoms with E-state index in [0.717, 1.165) is 12.0 Å². The molecule has 0 heterocycles. The Morgan fingerprint density at radius 2 is 1.48 bits per heavy atom. The zero-order chi connectivity index (χ0) is 15.9. The molecule has 2 aromatic carbocycles. The molecule has 0 fully saturated rings. The number of nitrogens with one attached hydrogen (secondary N) is 1. The molecule has 4 nitrogen and oxygen atoms in total. The lowest BCUT2D eigenvalue weighted by molar-refractivity contribution is 0.323. The average Bonchev–Trinajstić information content (AvgIpc) is 2.59. The van der Waals surface area contributed by atoms with Crippen LogP contribution < -0.4 is 19.5 Å². The summed E-state index contributed by atoms with van der Waals surface area (Å²) in [5, 5.41) is 3.36. The second-order valence-electron chi connectivity index (χ2n) is 4.99. The van der Waals surface area contributed by atoms with Crippen molar-refractivity contribution in [3.8, 4) is 17.2 Å². The molecule has 0 aliphatic rings. The number of hydrogen-bond donors (Lipinski definition) is 1. The lowest BCUT2D eigenvalue weighted by atomic mass is 9.98. The van der Waals surface area contributed by atoms with Crippen LogP contribution in [0.3, 0.4) is 0 Å². The zero-order valence-corrected chi connectivity index (χ0v) is 14.8. The first-order valence-corrected chi connectivity index (χ1v) is 7.24. The second kappa shape index (κ2) is 9.28. The average molecular weight is 338 g/mol. The van der Waals surface area contributed by atoms with Crippen molar-refractivity contribution < 1.29 is 14.2 Å². The number of halogens is 1. The maximum absolute atomic E-state index is 5.43. The highest BCUT2D eigenvalue weighted by atomic mass is 35.5. The first kappa shape index (κ1) is 19.1. The van der Waals surface area contributed by atoms with Gasteiger partial charge in [-0.05, 0) is 36.7 Å². The maximum atomic E-state index is 5.43. The van der Waals surface area contributed by atoms with E-state index < -0.39 is 0 Å². The molecular formula is C18H24ClNO3. The molecule has 2 aromatic rings. The van der Waals surface area contributed by atoms with Crippen LogP contribution >= 0.6 is 12.4 Å². The van der Waals surface area contributed by atoms with Crippen LogP contribution in [0.1, 0.15) is 17.2 Å². The van der Waals surface area contributed by atoms with Crippen molar-refractivity contribution in [3.63, 3.8) is 0 Å². The summed E-state index contributed by atoms with van der Waals surface area (Å²) in [6.45, 7) is 0. The normalized spacial score (nSPS) is 11.3. The molecular weight excluding hydrogens is 314 g/mol. The van der Waals surface area contributed by atoms with E-state index in [-0.39, 0.29) is 18.4 Å². The van der Waals surface area contributed by atoms with Crippen LogP contribution in [-0.4, -0.2) is 28.4 Å². The quantitative estimate of drug-likeness (QED) is 0.837. The molecule has 5 heteroatoms. The number of methoxy groups -OCH3 is 3. The third-order valence-electron chi connectivity index (χ3n) is 3.72. The lowest BCUT2D eigenvalue weighted by Crippen LogP contribution is -2.19. The Morgan fingerprint density at radius 3 is 1.91 bits per heavy atom. The molecule has 0 saturated carbocycles. The summed E-state index contributed by atoms with van der Waals surface area (Å²) < 4.78 is 16.2. The van der Waals surface area contributed by atoms with Gasteiger partial charge < -0.3 is 19.5 Å². The minimum Gasteiger partial charge on any atom is -0.493 e. The van der Waals surface area contributed by atoms with Crippen LogP contribution in [0.4, 0.5) is 0 Å². The summed E-state index contributed by atoms with van der Waals surface area (Å²) in [6, 6.07) is 14.5. The fraction of sp³-hybridized carbons (Fsp3) is 0.333. The molecule has 0 aliphatic carbocycles. The van der Waals surface area contributed by atoms with E-state index in [1.807, 2.05) is 25.2 Å². The van der Waals surface area contributed by atoms with Gasteiger partial charge >= 0.3 is 0 Å².